The van der Waals surface area contributed by atoms with Crippen molar-refractivity contribution in [2.24, 2.45) is 11.3 Å². The van der Waals surface area contributed by atoms with E-state index in [4.69, 9.17) is 5.84 Å². The Hall–Kier alpha value is -0.880. The molecular formula is C10H18BrN5. The van der Waals surface area contributed by atoms with Crippen LogP contribution in [0.2, 0.25) is 0 Å². The quantitative estimate of drug-likeness (QED) is 0.658. The van der Waals surface area contributed by atoms with Gasteiger partial charge in [0.2, 0.25) is 5.95 Å². The maximum atomic E-state index is 5.29. The van der Waals surface area contributed by atoms with Crippen LogP contribution in [0.4, 0.5) is 11.8 Å². The molecule has 0 aliphatic heterocycles. The number of nitrogen functional groups attached to an aromatic ring is 1. The topological polar surface area (TPSA) is 67.1 Å². The zero-order chi connectivity index (χ0) is 12.3. The smallest absolute Gasteiger partial charge is 0.239 e. The van der Waals surface area contributed by atoms with Gasteiger partial charge in [-0.1, -0.05) is 20.8 Å². The van der Waals surface area contributed by atoms with Crippen molar-refractivity contribution in [1.29, 1.82) is 0 Å². The summed E-state index contributed by atoms with van der Waals surface area (Å²) in [5.41, 5.74) is 2.65. The van der Waals surface area contributed by atoms with Gasteiger partial charge >= 0.3 is 0 Å². The van der Waals surface area contributed by atoms with E-state index in [9.17, 15) is 0 Å². The van der Waals surface area contributed by atoms with Crippen LogP contribution < -0.4 is 16.2 Å². The van der Waals surface area contributed by atoms with Gasteiger partial charge in [-0.3, -0.25) is 5.43 Å². The molecule has 0 aliphatic carbocycles. The Morgan fingerprint density at radius 2 is 2.12 bits per heavy atom. The second-order valence-corrected chi connectivity index (χ2v) is 5.78. The first kappa shape index (κ1) is 13.2. The fraction of sp³-hybridized carbons (Fsp3) is 0.600. The van der Waals surface area contributed by atoms with E-state index in [1.54, 1.807) is 6.20 Å². The number of nitrogens with two attached hydrogens (primary N) is 1. The van der Waals surface area contributed by atoms with Gasteiger partial charge in [-0.2, -0.15) is 4.98 Å². The molecule has 0 radical (unpaired) electrons. The zero-order valence-corrected chi connectivity index (χ0v) is 11.7. The summed E-state index contributed by atoms with van der Waals surface area (Å²) < 4.78 is 0.859. The maximum absolute atomic E-state index is 5.29. The van der Waals surface area contributed by atoms with Crippen molar-refractivity contribution in [2.75, 3.05) is 23.9 Å². The molecule has 0 spiro atoms. The van der Waals surface area contributed by atoms with Gasteiger partial charge in [0.05, 0.1) is 4.47 Å². The molecule has 90 valence electrons. The molecule has 0 fully saturated rings. The van der Waals surface area contributed by atoms with Crippen LogP contribution in [-0.4, -0.2) is 23.6 Å². The summed E-state index contributed by atoms with van der Waals surface area (Å²) in [6.07, 6.45) is 1.69. The molecule has 6 heteroatoms. The van der Waals surface area contributed by atoms with Crippen molar-refractivity contribution < 1.29 is 0 Å². The van der Waals surface area contributed by atoms with Crippen LogP contribution in [0.25, 0.3) is 0 Å². The lowest BCUT2D eigenvalue weighted by atomic mass is 9.96. The van der Waals surface area contributed by atoms with Crippen molar-refractivity contribution in [3.63, 3.8) is 0 Å². The molecule has 16 heavy (non-hydrogen) atoms. The molecule has 1 aromatic heterocycles. The summed E-state index contributed by atoms with van der Waals surface area (Å²) in [7, 11) is 2.00. The highest BCUT2D eigenvalue weighted by Gasteiger charge is 2.17. The maximum Gasteiger partial charge on any atom is 0.239 e. The molecule has 1 rings (SSSR count). The molecule has 1 aromatic rings. The fourth-order valence-corrected chi connectivity index (χ4v) is 1.98. The lowest BCUT2D eigenvalue weighted by Gasteiger charge is -2.28. The van der Waals surface area contributed by atoms with Gasteiger partial charge in [0, 0.05) is 19.8 Å². The standard InChI is InChI=1S/C10H18BrN5/c1-10(2,3)6-16(4)8-7(11)5-13-9(14-8)15-12/h5H,6,12H2,1-4H3,(H,13,14,15). The summed E-state index contributed by atoms with van der Waals surface area (Å²) in [4.78, 5) is 10.4. The Bertz CT molecular complexity index is 361. The van der Waals surface area contributed by atoms with Crippen LogP contribution in [0.3, 0.4) is 0 Å². The Labute approximate surface area is 105 Å². The minimum Gasteiger partial charge on any atom is -0.358 e. The second kappa shape index (κ2) is 4.97. The van der Waals surface area contributed by atoms with E-state index in [0.29, 0.717) is 5.95 Å². The normalized spacial score (nSPS) is 11.4. The van der Waals surface area contributed by atoms with Crippen molar-refractivity contribution in [3.8, 4) is 0 Å². The molecule has 1 heterocycles. The number of nitrogens with zero attached hydrogens (tertiary/aromatic N) is 3. The number of hydrazine groups is 1. The molecule has 0 atom stereocenters. The summed E-state index contributed by atoms with van der Waals surface area (Å²) in [6, 6.07) is 0. The van der Waals surface area contributed by atoms with E-state index in [0.717, 1.165) is 16.8 Å². The predicted molar refractivity (Wildman–Crippen MR) is 70.3 cm³/mol. The first-order valence-electron chi connectivity index (χ1n) is 5.04. The molecule has 3 N–H and O–H groups in total. The van der Waals surface area contributed by atoms with Crippen molar-refractivity contribution in [1.82, 2.24) is 9.97 Å². The van der Waals surface area contributed by atoms with Crippen molar-refractivity contribution >= 4 is 27.7 Å². The van der Waals surface area contributed by atoms with E-state index in [-0.39, 0.29) is 5.41 Å². The van der Waals surface area contributed by atoms with E-state index in [1.807, 2.05) is 7.05 Å². The summed E-state index contributed by atoms with van der Waals surface area (Å²) >= 11 is 3.43. The number of anilines is 2. The van der Waals surface area contributed by atoms with Crippen molar-refractivity contribution in [2.45, 2.75) is 20.8 Å². The number of nitrogens with one attached hydrogen (secondary N) is 1. The van der Waals surface area contributed by atoms with E-state index < -0.39 is 0 Å². The molecule has 0 unspecified atom stereocenters. The largest absolute Gasteiger partial charge is 0.358 e. The highest BCUT2D eigenvalue weighted by molar-refractivity contribution is 9.10. The molecule has 0 saturated heterocycles. The molecule has 0 bridgehead atoms. The van der Waals surface area contributed by atoms with E-state index >= 15 is 0 Å². The molecule has 0 aromatic carbocycles. The van der Waals surface area contributed by atoms with E-state index in [1.165, 1.54) is 0 Å². The lowest BCUT2D eigenvalue weighted by molar-refractivity contribution is 0.417. The van der Waals surface area contributed by atoms with Gasteiger partial charge in [0.15, 0.2) is 0 Å². The van der Waals surface area contributed by atoms with Gasteiger partial charge in [-0.05, 0) is 21.3 Å². The monoisotopic (exact) mass is 287 g/mol. The van der Waals surface area contributed by atoms with Crippen LogP contribution in [0.1, 0.15) is 20.8 Å². The van der Waals surface area contributed by atoms with Gasteiger partial charge in [0.1, 0.15) is 5.82 Å². The minimum atomic E-state index is 0.204. The first-order chi connectivity index (χ1) is 7.33. The average molecular weight is 288 g/mol. The third-order valence-electron chi connectivity index (χ3n) is 1.93. The van der Waals surface area contributed by atoms with Gasteiger partial charge < -0.3 is 4.90 Å². The summed E-state index contributed by atoms with van der Waals surface area (Å²) in [6.45, 7) is 7.44. The number of hydrogen-bond donors (Lipinski definition) is 2. The van der Waals surface area contributed by atoms with Crippen LogP contribution in [0.15, 0.2) is 10.7 Å². The summed E-state index contributed by atoms with van der Waals surface area (Å²) in [5.74, 6) is 6.53. The lowest BCUT2D eigenvalue weighted by Crippen LogP contribution is -2.30. The number of aromatic nitrogens is 2. The minimum absolute atomic E-state index is 0.204. The van der Waals surface area contributed by atoms with Gasteiger partial charge in [0.25, 0.3) is 0 Å². The number of hydrogen-bond acceptors (Lipinski definition) is 5. The third-order valence-corrected chi connectivity index (χ3v) is 2.49. The molecule has 0 saturated carbocycles. The Morgan fingerprint density at radius 1 is 1.50 bits per heavy atom. The number of rotatable bonds is 3. The Balaban J connectivity index is 2.93. The SMILES string of the molecule is CN(CC(C)(C)C)c1nc(NN)ncc1Br. The Kier molecular flexibility index (Phi) is 4.09. The van der Waals surface area contributed by atoms with Crippen LogP contribution >= 0.6 is 15.9 Å². The molecule has 5 nitrogen and oxygen atoms in total. The number of halogens is 1. The fourth-order valence-electron chi connectivity index (χ4n) is 1.48. The van der Waals surface area contributed by atoms with E-state index in [2.05, 4.69) is 57.0 Å². The van der Waals surface area contributed by atoms with Crippen molar-refractivity contribution in [3.05, 3.63) is 10.7 Å². The molecule has 0 amide bonds. The van der Waals surface area contributed by atoms with Crippen LogP contribution in [0.5, 0.6) is 0 Å². The molecule has 0 aliphatic rings. The molecular weight excluding hydrogens is 270 g/mol. The van der Waals surface area contributed by atoms with Gasteiger partial charge in [-0.25, -0.2) is 10.8 Å². The highest BCUT2D eigenvalue weighted by atomic mass is 79.9. The first-order valence-corrected chi connectivity index (χ1v) is 5.83. The van der Waals surface area contributed by atoms with Crippen LogP contribution in [-0.2, 0) is 0 Å². The van der Waals surface area contributed by atoms with Crippen LogP contribution in [0, 0.1) is 5.41 Å². The zero-order valence-electron chi connectivity index (χ0n) is 10.1. The third kappa shape index (κ3) is 3.61. The summed E-state index contributed by atoms with van der Waals surface area (Å²) in [5, 5.41) is 0. The Morgan fingerprint density at radius 3 is 2.62 bits per heavy atom. The highest BCUT2D eigenvalue weighted by Crippen LogP contribution is 2.26. The van der Waals surface area contributed by atoms with Gasteiger partial charge in [-0.15, -0.1) is 0 Å². The second-order valence-electron chi connectivity index (χ2n) is 4.93. The average Bonchev–Trinajstić information content (AvgIpc) is 2.15. The predicted octanol–water partition coefficient (Wildman–Crippen LogP) is 2.01.